The van der Waals surface area contributed by atoms with Gasteiger partial charge in [0.15, 0.2) is 5.69 Å². The number of esters is 1. The minimum Gasteiger partial charge on any atom is -0.464 e. The Morgan fingerprint density at radius 2 is 2.04 bits per heavy atom. The molecular formula is C15H18FN3O5S. The Kier molecular flexibility index (Phi) is 6.59. The number of hydrogen-bond acceptors (Lipinski definition) is 7. The Morgan fingerprint density at radius 3 is 2.72 bits per heavy atom. The van der Waals surface area contributed by atoms with Gasteiger partial charge < -0.3 is 4.74 Å². The van der Waals surface area contributed by atoms with Crippen molar-refractivity contribution < 1.29 is 26.5 Å². The molecule has 0 fully saturated rings. The zero-order valence-electron chi connectivity index (χ0n) is 13.5. The first-order valence-electron chi connectivity index (χ1n) is 7.43. The van der Waals surface area contributed by atoms with Crippen LogP contribution in [0.2, 0.25) is 0 Å². The van der Waals surface area contributed by atoms with Crippen LogP contribution in [0.3, 0.4) is 0 Å². The molecule has 1 aromatic carbocycles. The van der Waals surface area contributed by atoms with Crippen LogP contribution in [-0.4, -0.2) is 49.3 Å². The van der Waals surface area contributed by atoms with E-state index < -0.39 is 28.9 Å². The number of ether oxygens (including phenoxy) is 1. The standard InChI is InChI=1S/C15H18FN3O5S/c1-23-15(20)14-9-19(18-17-14)8-7-13(16)10-24-25(21,22)11-12-5-3-2-4-6-12/h2-6,9,13H,7-8,10-11H2,1H3. The molecule has 1 heterocycles. The smallest absolute Gasteiger partial charge is 0.360 e. The molecule has 0 N–H and O–H groups in total. The maximum atomic E-state index is 13.8. The van der Waals surface area contributed by atoms with Gasteiger partial charge in [-0.1, -0.05) is 35.5 Å². The highest BCUT2D eigenvalue weighted by atomic mass is 32.2. The highest BCUT2D eigenvalue weighted by Crippen LogP contribution is 2.10. The molecule has 10 heteroatoms. The van der Waals surface area contributed by atoms with Gasteiger partial charge in [0.2, 0.25) is 0 Å². The van der Waals surface area contributed by atoms with E-state index in [0.717, 1.165) is 0 Å². The predicted octanol–water partition coefficient (Wildman–Crippen LogP) is 1.34. The van der Waals surface area contributed by atoms with Crippen molar-refractivity contribution in [2.75, 3.05) is 13.7 Å². The van der Waals surface area contributed by atoms with E-state index in [4.69, 9.17) is 4.18 Å². The predicted molar refractivity (Wildman–Crippen MR) is 85.9 cm³/mol. The summed E-state index contributed by atoms with van der Waals surface area (Å²) in [7, 11) is -2.64. The van der Waals surface area contributed by atoms with Crippen molar-refractivity contribution in [3.05, 3.63) is 47.8 Å². The van der Waals surface area contributed by atoms with Crippen molar-refractivity contribution in [3.8, 4) is 0 Å². The quantitative estimate of drug-likeness (QED) is 0.484. The zero-order chi connectivity index (χ0) is 18.3. The molecule has 1 unspecified atom stereocenters. The molecule has 0 amide bonds. The Bertz CT molecular complexity index is 795. The Labute approximate surface area is 144 Å². The molecule has 2 rings (SSSR count). The van der Waals surface area contributed by atoms with E-state index in [1.165, 1.54) is 18.0 Å². The van der Waals surface area contributed by atoms with Crippen LogP contribution in [0.25, 0.3) is 0 Å². The second kappa shape index (κ2) is 8.67. The summed E-state index contributed by atoms with van der Waals surface area (Å²) in [6, 6.07) is 8.49. The largest absolute Gasteiger partial charge is 0.464 e. The second-order valence-electron chi connectivity index (χ2n) is 5.22. The monoisotopic (exact) mass is 371 g/mol. The molecule has 2 aromatic rings. The van der Waals surface area contributed by atoms with Crippen LogP contribution in [0.5, 0.6) is 0 Å². The van der Waals surface area contributed by atoms with Gasteiger partial charge in [-0.05, 0) is 5.56 Å². The average Bonchev–Trinajstić information content (AvgIpc) is 3.07. The molecule has 136 valence electrons. The van der Waals surface area contributed by atoms with Gasteiger partial charge in [0.25, 0.3) is 10.1 Å². The van der Waals surface area contributed by atoms with Crippen LogP contribution in [0.4, 0.5) is 4.39 Å². The summed E-state index contributed by atoms with van der Waals surface area (Å²) in [6.45, 7) is -0.457. The summed E-state index contributed by atoms with van der Waals surface area (Å²) in [6.07, 6.45) is -0.215. The Morgan fingerprint density at radius 1 is 1.32 bits per heavy atom. The number of nitrogens with zero attached hydrogens (tertiary/aromatic N) is 3. The molecule has 0 radical (unpaired) electrons. The molecule has 0 saturated carbocycles. The first kappa shape index (κ1) is 19.0. The van der Waals surface area contributed by atoms with Gasteiger partial charge in [0.05, 0.1) is 19.9 Å². The van der Waals surface area contributed by atoms with Gasteiger partial charge in [-0.25, -0.2) is 9.18 Å². The summed E-state index contributed by atoms with van der Waals surface area (Å²) in [5, 5.41) is 7.25. The highest BCUT2D eigenvalue weighted by Gasteiger charge is 2.17. The van der Waals surface area contributed by atoms with Crippen LogP contribution >= 0.6 is 0 Å². The Balaban J connectivity index is 1.77. The van der Waals surface area contributed by atoms with Crippen LogP contribution in [0.15, 0.2) is 36.5 Å². The molecule has 0 aliphatic rings. The van der Waals surface area contributed by atoms with E-state index in [-0.39, 0.29) is 24.4 Å². The van der Waals surface area contributed by atoms with Gasteiger partial charge >= 0.3 is 5.97 Å². The maximum Gasteiger partial charge on any atom is 0.360 e. The lowest BCUT2D eigenvalue weighted by Crippen LogP contribution is -2.18. The number of hydrogen-bond donors (Lipinski definition) is 0. The molecule has 0 saturated heterocycles. The minimum absolute atomic E-state index is 0.0135. The number of methoxy groups -OCH3 is 1. The van der Waals surface area contributed by atoms with Crippen LogP contribution in [0, 0.1) is 0 Å². The SMILES string of the molecule is COC(=O)c1cn(CCC(F)COS(=O)(=O)Cc2ccccc2)nn1. The second-order valence-corrected chi connectivity index (χ2v) is 6.86. The summed E-state index contributed by atoms with van der Waals surface area (Å²) < 4.78 is 48.0. The van der Waals surface area contributed by atoms with Gasteiger partial charge in [0, 0.05) is 13.0 Å². The minimum atomic E-state index is -3.86. The van der Waals surface area contributed by atoms with E-state index in [2.05, 4.69) is 15.0 Å². The number of alkyl halides is 1. The van der Waals surface area contributed by atoms with E-state index in [0.29, 0.717) is 5.56 Å². The summed E-state index contributed by atoms with van der Waals surface area (Å²) >= 11 is 0. The average molecular weight is 371 g/mol. The molecular weight excluding hydrogens is 353 g/mol. The van der Waals surface area contributed by atoms with E-state index in [1.807, 2.05) is 0 Å². The summed E-state index contributed by atoms with van der Waals surface area (Å²) in [5.41, 5.74) is 0.579. The van der Waals surface area contributed by atoms with Crippen molar-refractivity contribution in [3.63, 3.8) is 0 Å². The highest BCUT2D eigenvalue weighted by molar-refractivity contribution is 7.85. The number of carbonyl (C=O) groups is 1. The van der Waals surface area contributed by atoms with Gasteiger partial charge in [0.1, 0.15) is 11.9 Å². The van der Waals surface area contributed by atoms with Crippen LogP contribution < -0.4 is 0 Å². The topological polar surface area (TPSA) is 100 Å². The number of rotatable bonds is 9. The third-order valence-electron chi connectivity index (χ3n) is 3.22. The van der Waals surface area contributed by atoms with Gasteiger partial charge in [-0.3, -0.25) is 8.86 Å². The molecule has 0 spiro atoms. The first-order valence-corrected chi connectivity index (χ1v) is 9.01. The number of halogens is 1. The van der Waals surface area contributed by atoms with E-state index >= 15 is 0 Å². The lowest BCUT2D eigenvalue weighted by atomic mass is 10.2. The molecule has 1 aromatic heterocycles. The maximum absolute atomic E-state index is 13.8. The van der Waals surface area contributed by atoms with Gasteiger partial charge in [-0.15, -0.1) is 5.10 Å². The molecule has 25 heavy (non-hydrogen) atoms. The lowest BCUT2D eigenvalue weighted by Gasteiger charge is -2.09. The van der Waals surface area contributed by atoms with E-state index in [9.17, 15) is 17.6 Å². The van der Waals surface area contributed by atoms with Crippen molar-refractivity contribution in [1.29, 1.82) is 0 Å². The lowest BCUT2D eigenvalue weighted by molar-refractivity contribution is 0.0594. The van der Waals surface area contributed by atoms with Crippen molar-refractivity contribution >= 4 is 16.1 Å². The zero-order valence-corrected chi connectivity index (χ0v) is 14.4. The van der Waals surface area contributed by atoms with E-state index in [1.54, 1.807) is 30.3 Å². The molecule has 0 bridgehead atoms. The molecule has 1 atom stereocenters. The van der Waals surface area contributed by atoms with Gasteiger partial charge in [-0.2, -0.15) is 8.42 Å². The number of carbonyl (C=O) groups excluding carboxylic acids is 1. The normalized spacial score (nSPS) is 12.7. The number of benzene rings is 1. The number of aryl methyl sites for hydroxylation is 1. The molecule has 0 aliphatic carbocycles. The summed E-state index contributed by atoms with van der Waals surface area (Å²) in [5.74, 6) is -0.954. The fraction of sp³-hybridized carbons (Fsp3) is 0.400. The first-order chi connectivity index (χ1) is 11.9. The van der Waals surface area contributed by atoms with Crippen LogP contribution in [-0.2, 0) is 31.3 Å². The fourth-order valence-corrected chi connectivity index (χ4v) is 3.00. The van der Waals surface area contributed by atoms with Crippen molar-refractivity contribution in [2.24, 2.45) is 0 Å². The molecule has 0 aliphatic heterocycles. The fourth-order valence-electron chi connectivity index (χ4n) is 1.96. The van der Waals surface area contributed by atoms with Crippen LogP contribution in [0.1, 0.15) is 22.5 Å². The third kappa shape index (κ3) is 6.24. The number of aromatic nitrogens is 3. The molecule has 8 nitrogen and oxygen atoms in total. The van der Waals surface area contributed by atoms with Crippen molar-refractivity contribution in [1.82, 2.24) is 15.0 Å². The summed E-state index contributed by atoms with van der Waals surface area (Å²) in [4.78, 5) is 11.2. The van der Waals surface area contributed by atoms with Crippen molar-refractivity contribution in [2.45, 2.75) is 24.9 Å². The third-order valence-corrected chi connectivity index (χ3v) is 4.40. The Hall–Kier alpha value is -2.33.